The third kappa shape index (κ3) is 4.50. The molecule has 128 valence electrons. The van der Waals surface area contributed by atoms with E-state index in [1.807, 2.05) is 28.8 Å². The van der Waals surface area contributed by atoms with Crippen LogP contribution in [0.5, 0.6) is 0 Å². The lowest BCUT2D eigenvalue weighted by atomic mass is 10.1. The van der Waals surface area contributed by atoms with E-state index >= 15 is 0 Å². The van der Waals surface area contributed by atoms with Crippen LogP contribution in [-0.4, -0.2) is 14.8 Å². The minimum Gasteiger partial charge on any atom is -0.302 e. The smallest absolute Gasteiger partial charge is 0.191 e. The average Bonchev–Trinajstić information content (AvgIpc) is 2.97. The summed E-state index contributed by atoms with van der Waals surface area (Å²) in [6.45, 7) is 4.45. The third-order valence-corrected chi connectivity index (χ3v) is 5.05. The molecule has 0 saturated heterocycles. The molecule has 1 heterocycles. The molecule has 0 fully saturated rings. The van der Waals surface area contributed by atoms with Gasteiger partial charge in [-0.15, -0.1) is 16.8 Å². The van der Waals surface area contributed by atoms with E-state index in [4.69, 9.17) is 11.6 Å². The fourth-order valence-electron chi connectivity index (χ4n) is 2.43. The highest BCUT2D eigenvalue weighted by atomic mass is 35.5. The molecule has 0 aliphatic rings. The van der Waals surface area contributed by atoms with Gasteiger partial charge in [0, 0.05) is 23.7 Å². The Labute approximate surface area is 155 Å². The molecular weight excluding hydrogens is 357 g/mol. The standard InChI is InChI=1S/C19H17ClFN3S/c1-2-10-24-18(11-14-6-4-3-5-7-14)22-23-19(24)25-13-15-8-9-16(21)12-17(15)20/h2-9,12H,1,10-11,13H2. The number of rotatable bonds is 7. The molecule has 0 amide bonds. The number of hydrogen-bond donors (Lipinski definition) is 0. The van der Waals surface area contributed by atoms with Crippen LogP contribution < -0.4 is 0 Å². The minimum absolute atomic E-state index is 0.335. The van der Waals surface area contributed by atoms with E-state index in [1.54, 1.807) is 6.07 Å². The van der Waals surface area contributed by atoms with Crippen LogP contribution >= 0.6 is 23.4 Å². The lowest BCUT2D eigenvalue weighted by Gasteiger charge is -2.08. The highest BCUT2D eigenvalue weighted by Gasteiger charge is 2.13. The Hall–Kier alpha value is -2.11. The Kier molecular flexibility index (Phi) is 5.89. The summed E-state index contributed by atoms with van der Waals surface area (Å²) >= 11 is 7.62. The maximum absolute atomic E-state index is 13.2. The lowest BCUT2D eigenvalue weighted by Crippen LogP contribution is -2.04. The molecule has 0 spiro atoms. The fraction of sp³-hybridized carbons (Fsp3) is 0.158. The number of nitrogens with zero attached hydrogens (tertiary/aromatic N) is 3. The van der Waals surface area contributed by atoms with Gasteiger partial charge in [0.2, 0.25) is 0 Å². The van der Waals surface area contributed by atoms with E-state index in [1.165, 1.54) is 29.5 Å². The maximum atomic E-state index is 13.2. The Morgan fingerprint density at radius 3 is 2.68 bits per heavy atom. The summed E-state index contributed by atoms with van der Waals surface area (Å²) in [7, 11) is 0. The first-order valence-electron chi connectivity index (χ1n) is 7.81. The van der Waals surface area contributed by atoms with Gasteiger partial charge in [0.1, 0.15) is 11.6 Å². The molecule has 0 aliphatic carbocycles. The highest BCUT2D eigenvalue weighted by molar-refractivity contribution is 7.98. The van der Waals surface area contributed by atoms with Gasteiger partial charge in [0.15, 0.2) is 5.16 Å². The van der Waals surface area contributed by atoms with Crippen molar-refractivity contribution in [3.8, 4) is 0 Å². The fourth-order valence-corrected chi connectivity index (χ4v) is 3.71. The zero-order valence-electron chi connectivity index (χ0n) is 13.5. The second-order valence-corrected chi connectivity index (χ2v) is 6.83. The van der Waals surface area contributed by atoms with Crippen molar-refractivity contribution in [3.05, 3.63) is 89.0 Å². The monoisotopic (exact) mass is 373 g/mol. The molecule has 2 aromatic carbocycles. The molecule has 1 aromatic heterocycles. The van der Waals surface area contributed by atoms with Crippen LogP contribution in [0.3, 0.4) is 0 Å². The first-order valence-corrected chi connectivity index (χ1v) is 9.17. The van der Waals surface area contributed by atoms with E-state index < -0.39 is 0 Å². The van der Waals surface area contributed by atoms with Gasteiger partial charge in [0.25, 0.3) is 0 Å². The van der Waals surface area contributed by atoms with Crippen LogP contribution in [0, 0.1) is 5.82 Å². The molecular formula is C19H17ClFN3S. The van der Waals surface area contributed by atoms with Crippen molar-refractivity contribution in [2.45, 2.75) is 23.9 Å². The van der Waals surface area contributed by atoms with Crippen LogP contribution in [0.1, 0.15) is 17.0 Å². The number of hydrogen-bond acceptors (Lipinski definition) is 3. The van der Waals surface area contributed by atoms with Gasteiger partial charge in [-0.25, -0.2) is 4.39 Å². The highest BCUT2D eigenvalue weighted by Crippen LogP contribution is 2.27. The van der Waals surface area contributed by atoms with E-state index in [-0.39, 0.29) is 5.82 Å². The Balaban J connectivity index is 1.78. The van der Waals surface area contributed by atoms with Gasteiger partial charge in [0.05, 0.1) is 0 Å². The summed E-state index contributed by atoms with van der Waals surface area (Å²) in [6.07, 6.45) is 2.53. The van der Waals surface area contributed by atoms with Gasteiger partial charge in [-0.3, -0.25) is 0 Å². The van der Waals surface area contributed by atoms with Crippen molar-refractivity contribution in [3.63, 3.8) is 0 Å². The average molecular weight is 374 g/mol. The first kappa shape index (κ1) is 17.7. The van der Waals surface area contributed by atoms with Crippen molar-refractivity contribution in [2.24, 2.45) is 0 Å². The summed E-state index contributed by atoms with van der Waals surface area (Å²) in [5.74, 6) is 1.15. The second kappa shape index (κ2) is 8.32. The number of thioether (sulfide) groups is 1. The molecule has 3 nitrogen and oxygen atoms in total. The van der Waals surface area contributed by atoms with Gasteiger partial charge in [-0.1, -0.05) is 65.8 Å². The van der Waals surface area contributed by atoms with Crippen LogP contribution in [0.15, 0.2) is 66.3 Å². The Morgan fingerprint density at radius 2 is 1.96 bits per heavy atom. The predicted molar refractivity (Wildman–Crippen MR) is 100 cm³/mol. The van der Waals surface area contributed by atoms with E-state index in [2.05, 4.69) is 28.9 Å². The Morgan fingerprint density at radius 1 is 1.16 bits per heavy atom. The van der Waals surface area contributed by atoms with Crippen LogP contribution in [0.2, 0.25) is 5.02 Å². The Bertz CT molecular complexity index is 864. The summed E-state index contributed by atoms with van der Waals surface area (Å²) in [6, 6.07) is 14.6. The summed E-state index contributed by atoms with van der Waals surface area (Å²) in [4.78, 5) is 0. The summed E-state index contributed by atoms with van der Waals surface area (Å²) in [5, 5.41) is 9.85. The van der Waals surface area contributed by atoms with Crippen molar-refractivity contribution in [1.82, 2.24) is 14.8 Å². The van der Waals surface area contributed by atoms with Gasteiger partial charge in [-0.05, 0) is 23.3 Å². The number of halogens is 2. The quantitative estimate of drug-likeness (QED) is 0.424. The first-order chi connectivity index (χ1) is 12.2. The third-order valence-electron chi connectivity index (χ3n) is 3.68. The SMILES string of the molecule is C=CCn1c(Cc2ccccc2)nnc1SCc1ccc(F)cc1Cl. The topological polar surface area (TPSA) is 30.7 Å². The van der Waals surface area contributed by atoms with Crippen molar-refractivity contribution in [1.29, 1.82) is 0 Å². The van der Waals surface area contributed by atoms with Gasteiger partial charge < -0.3 is 4.57 Å². The van der Waals surface area contributed by atoms with E-state index in [9.17, 15) is 4.39 Å². The number of aromatic nitrogens is 3. The number of benzene rings is 2. The zero-order valence-corrected chi connectivity index (χ0v) is 15.1. The number of allylic oxidation sites excluding steroid dienone is 1. The largest absolute Gasteiger partial charge is 0.302 e. The lowest BCUT2D eigenvalue weighted by molar-refractivity contribution is 0.627. The molecule has 6 heteroatoms. The van der Waals surface area contributed by atoms with E-state index in [0.29, 0.717) is 23.7 Å². The molecule has 25 heavy (non-hydrogen) atoms. The van der Waals surface area contributed by atoms with E-state index in [0.717, 1.165) is 16.5 Å². The van der Waals surface area contributed by atoms with Crippen LogP contribution in [0.4, 0.5) is 4.39 Å². The predicted octanol–water partition coefficient (Wildman–Crippen LogP) is 5.14. The minimum atomic E-state index is -0.335. The van der Waals surface area contributed by atoms with Crippen LogP contribution in [0.25, 0.3) is 0 Å². The molecule has 3 aromatic rings. The summed E-state index contributed by atoms with van der Waals surface area (Å²) in [5.41, 5.74) is 2.05. The van der Waals surface area contributed by atoms with Crippen molar-refractivity contribution < 1.29 is 4.39 Å². The molecule has 0 radical (unpaired) electrons. The van der Waals surface area contributed by atoms with Crippen LogP contribution in [-0.2, 0) is 18.7 Å². The second-order valence-electron chi connectivity index (χ2n) is 5.48. The molecule has 0 unspecified atom stereocenters. The maximum Gasteiger partial charge on any atom is 0.191 e. The van der Waals surface area contributed by atoms with Crippen molar-refractivity contribution in [2.75, 3.05) is 0 Å². The molecule has 3 rings (SSSR count). The normalized spacial score (nSPS) is 10.8. The molecule has 0 saturated carbocycles. The molecule has 0 N–H and O–H groups in total. The molecule has 0 atom stereocenters. The summed E-state index contributed by atoms with van der Waals surface area (Å²) < 4.78 is 15.2. The molecule has 0 aliphatic heterocycles. The van der Waals surface area contributed by atoms with Gasteiger partial charge >= 0.3 is 0 Å². The van der Waals surface area contributed by atoms with Gasteiger partial charge in [-0.2, -0.15) is 0 Å². The molecule has 0 bridgehead atoms. The van der Waals surface area contributed by atoms with Crippen molar-refractivity contribution >= 4 is 23.4 Å². The zero-order chi connectivity index (χ0) is 17.6.